The molecule has 0 aliphatic carbocycles. The van der Waals surface area contributed by atoms with Crippen molar-refractivity contribution in [3.63, 3.8) is 0 Å². The summed E-state index contributed by atoms with van der Waals surface area (Å²) in [5.74, 6) is 0.126. The standard InChI is InChI=1S/C28H32N2O3/c1-5-20-11-15-24(16-12-20)29-27(31)19(4)33-25-17-13-23(14-18-25)28(32)30-26-21(6-2)9-8-10-22(26)7-3/h8-19H,5-7H2,1-4H3,(H,29,31)(H,30,32). The van der Waals surface area contributed by atoms with Crippen molar-refractivity contribution in [2.24, 2.45) is 0 Å². The Morgan fingerprint density at radius 3 is 1.94 bits per heavy atom. The van der Waals surface area contributed by atoms with Crippen LogP contribution in [0.4, 0.5) is 11.4 Å². The zero-order valence-corrected chi connectivity index (χ0v) is 19.8. The number of nitrogens with one attached hydrogen (secondary N) is 2. The molecular weight excluding hydrogens is 412 g/mol. The highest BCUT2D eigenvalue weighted by atomic mass is 16.5. The Bertz CT molecular complexity index is 1070. The maximum atomic E-state index is 12.8. The molecule has 3 rings (SSSR count). The van der Waals surface area contributed by atoms with Gasteiger partial charge in [-0.1, -0.05) is 51.1 Å². The predicted molar refractivity (Wildman–Crippen MR) is 134 cm³/mol. The van der Waals surface area contributed by atoms with Gasteiger partial charge in [-0.3, -0.25) is 9.59 Å². The van der Waals surface area contributed by atoms with Crippen LogP contribution in [0.3, 0.4) is 0 Å². The zero-order chi connectivity index (χ0) is 23.8. The van der Waals surface area contributed by atoms with Crippen LogP contribution in [0.5, 0.6) is 5.75 Å². The normalized spacial score (nSPS) is 11.5. The zero-order valence-electron chi connectivity index (χ0n) is 19.8. The highest BCUT2D eigenvalue weighted by Gasteiger charge is 2.16. The van der Waals surface area contributed by atoms with Crippen molar-refractivity contribution < 1.29 is 14.3 Å². The fraction of sp³-hybridized carbons (Fsp3) is 0.286. The molecule has 1 atom stereocenters. The van der Waals surface area contributed by atoms with Gasteiger partial charge in [0.15, 0.2) is 6.10 Å². The highest BCUT2D eigenvalue weighted by molar-refractivity contribution is 6.05. The number of carbonyl (C=O) groups excluding carboxylic acids is 2. The lowest BCUT2D eigenvalue weighted by Gasteiger charge is -2.16. The second kappa shape index (κ2) is 11.3. The van der Waals surface area contributed by atoms with E-state index < -0.39 is 6.10 Å². The first-order valence-electron chi connectivity index (χ1n) is 11.5. The number of amides is 2. The molecule has 172 valence electrons. The van der Waals surface area contributed by atoms with Gasteiger partial charge in [-0.25, -0.2) is 0 Å². The van der Waals surface area contributed by atoms with Gasteiger partial charge in [0.2, 0.25) is 0 Å². The van der Waals surface area contributed by atoms with Gasteiger partial charge in [0.25, 0.3) is 11.8 Å². The molecule has 0 radical (unpaired) electrons. The molecule has 33 heavy (non-hydrogen) atoms. The first-order valence-corrected chi connectivity index (χ1v) is 11.5. The lowest BCUT2D eigenvalue weighted by Crippen LogP contribution is -2.30. The number of anilines is 2. The molecule has 5 nitrogen and oxygen atoms in total. The molecule has 0 aliphatic heterocycles. The van der Waals surface area contributed by atoms with E-state index in [1.807, 2.05) is 42.5 Å². The lowest BCUT2D eigenvalue weighted by atomic mass is 10.0. The quantitative estimate of drug-likeness (QED) is 0.423. The highest BCUT2D eigenvalue weighted by Crippen LogP contribution is 2.24. The SMILES string of the molecule is CCc1ccc(NC(=O)C(C)Oc2ccc(C(=O)Nc3c(CC)cccc3CC)cc2)cc1. The van der Waals surface area contributed by atoms with Crippen molar-refractivity contribution in [2.75, 3.05) is 10.6 Å². The maximum absolute atomic E-state index is 12.8. The molecule has 2 amide bonds. The van der Waals surface area contributed by atoms with Gasteiger partial charge in [0, 0.05) is 16.9 Å². The largest absolute Gasteiger partial charge is 0.481 e. The third-order valence-corrected chi connectivity index (χ3v) is 5.67. The van der Waals surface area contributed by atoms with Crippen LogP contribution in [0.15, 0.2) is 66.7 Å². The summed E-state index contributed by atoms with van der Waals surface area (Å²) in [4.78, 5) is 25.3. The van der Waals surface area contributed by atoms with E-state index in [-0.39, 0.29) is 11.8 Å². The molecule has 0 aliphatic rings. The summed E-state index contributed by atoms with van der Waals surface area (Å²) in [6.07, 6.45) is 1.96. The van der Waals surface area contributed by atoms with Gasteiger partial charge in [-0.15, -0.1) is 0 Å². The van der Waals surface area contributed by atoms with Crippen LogP contribution in [-0.2, 0) is 24.1 Å². The van der Waals surface area contributed by atoms with Crippen molar-refractivity contribution >= 4 is 23.2 Å². The summed E-state index contributed by atoms with van der Waals surface area (Å²) in [6, 6.07) is 20.7. The van der Waals surface area contributed by atoms with Gasteiger partial charge < -0.3 is 15.4 Å². The van der Waals surface area contributed by atoms with Gasteiger partial charge in [0.1, 0.15) is 5.75 Å². The maximum Gasteiger partial charge on any atom is 0.265 e. The number of hydrogen-bond acceptors (Lipinski definition) is 3. The van der Waals surface area contributed by atoms with Crippen LogP contribution >= 0.6 is 0 Å². The van der Waals surface area contributed by atoms with Crippen LogP contribution in [0.25, 0.3) is 0 Å². The first kappa shape index (κ1) is 24.1. The Hall–Kier alpha value is -3.60. The summed E-state index contributed by atoms with van der Waals surface area (Å²) in [5.41, 5.74) is 5.61. The lowest BCUT2D eigenvalue weighted by molar-refractivity contribution is -0.122. The Balaban J connectivity index is 1.61. The van der Waals surface area contributed by atoms with Crippen LogP contribution in [0, 0.1) is 0 Å². The fourth-order valence-corrected chi connectivity index (χ4v) is 3.60. The molecule has 5 heteroatoms. The van der Waals surface area contributed by atoms with Gasteiger partial charge in [-0.05, 0) is 79.3 Å². The van der Waals surface area contributed by atoms with Crippen LogP contribution < -0.4 is 15.4 Å². The number of hydrogen-bond donors (Lipinski definition) is 2. The number of benzene rings is 3. The Labute approximate surface area is 196 Å². The van der Waals surface area contributed by atoms with Gasteiger partial charge in [-0.2, -0.15) is 0 Å². The topological polar surface area (TPSA) is 67.4 Å². The van der Waals surface area contributed by atoms with E-state index in [1.165, 1.54) is 5.56 Å². The minimum atomic E-state index is -0.681. The monoisotopic (exact) mass is 444 g/mol. The Morgan fingerprint density at radius 2 is 1.39 bits per heavy atom. The number of aryl methyl sites for hydroxylation is 3. The second-order valence-electron chi connectivity index (χ2n) is 7.94. The third-order valence-electron chi connectivity index (χ3n) is 5.67. The molecule has 0 fully saturated rings. The molecule has 0 aromatic heterocycles. The van der Waals surface area contributed by atoms with Gasteiger partial charge in [0.05, 0.1) is 0 Å². The molecule has 0 saturated carbocycles. The summed E-state index contributed by atoms with van der Waals surface area (Å²) >= 11 is 0. The van der Waals surface area contributed by atoms with E-state index >= 15 is 0 Å². The average molecular weight is 445 g/mol. The molecule has 3 aromatic rings. The van der Waals surface area contributed by atoms with E-state index in [0.717, 1.165) is 41.8 Å². The van der Waals surface area contributed by atoms with Gasteiger partial charge >= 0.3 is 0 Å². The van der Waals surface area contributed by atoms with E-state index in [2.05, 4.69) is 31.4 Å². The number of rotatable bonds is 9. The van der Waals surface area contributed by atoms with Crippen molar-refractivity contribution in [1.82, 2.24) is 0 Å². The van der Waals surface area contributed by atoms with E-state index in [0.29, 0.717) is 11.3 Å². The molecule has 0 spiro atoms. The second-order valence-corrected chi connectivity index (χ2v) is 7.94. The summed E-state index contributed by atoms with van der Waals surface area (Å²) in [5, 5.41) is 5.93. The fourth-order valence-electron chi connectivity index (χ4n) is 3.60. The minimum absolute atomic E-state index is 0.168. The van der Waals surface area contributed by atoms with Crippen molar-refractivity contribution in [1.29, 1.82) is 0 Å². The molecule has 0 saturated heterocycles. The van der Waals surface area contributed by atoms with E-state index in [4.69, 9.17) is 4.74 Å². The molecule has 0 heterocycles. The first-order chi connectivity index (χ1) is 15.9. The Morgan fingerprint density at radius 1 is 0.788 bits per heavy atom. The van der Waals surface area contributed by atoms with Crippen molar-refractivity contribution in [3.8, 4) is 5.75 Å². The van der Waals surface area contributed by atoms with Crippen LogP contribution in [-0.4, -0.2) is 17.9 Å². The summed E-state index contributed by atoms with van der Waals surface area (Å²) < 4.78 is 5.78. The Kier molecular flexibility index (Phi) is 8.25. The molecule has 1 unspecified atom stereocenters. The van der Waals surface area contributed by atoms with E-state index in [1.54, 1.807) is 31.2 Å². The van der Waals surface area contributed by atoms with Crippen molar-refractivity contribution in [2.45, 2.75) is 53.1 Å². The minimum Gasteiger partial charge on any atom is -0.481 e. The third kappa shape index (κ3) is 6.22. The van der Waals surface area contributed by atoms with Crippen LogP contribution in [0.2, 0.25) is 0 Å². The number of carbonyl (C=O) groups is 2. The molecular formula is C28H32N2O3. The smallest absolute Gasteiger partial charge is 0.265 e. The average Bonchev–Trinajstić information content (AvgIpc) is 2.84. The summed E-state index contributed by atoms with van der Waals surface area (Å²) in [7, 11) is 0. The van der Waals surface area contributed by atoms with Crippen molar-refractivity contribution in [3.05, 3.63) is 89.0 Å². The summed E-state index contributed by atoms with van der Waals surface area (Å²) in [6.45, 7) is 7.94. The molecule has 0 bridgehead atoms. The van der Waals surface area contributed by atoms with Crippen LogP contribution in [0.1, 0.15) is 54.7 Å². The predicted octanol–water partition coefficient (Wildman–Crippen LogP) is 6.03. The molecule has 3 aromatic carbocycles. The number of para-hydroxylation sites is 1. The molecule has 2 N–H and O–H groups in total. The van der Waals surface area contributed by atoms with E-state index in [9.17, 15) is 9.59 Å². The number of ether oxygens (including phenoxy) is 1.